The average molecular weight is 260 g/mol. The molecule has 0 spiro atoms. The Kier molecular flexibility index (Phi) is 5.89. The van der Waals surface area contributed by atoms with E-state index in [1.807, 2.05) is 30.3 Å². The molecule has 1 N–H and O–H groups in total. The second-order valence-electron chi connectivity index (χ2n) is 5.23. The van der Waals surface area contributed by atoms with E-state index >= 15 is 0 Å². The van der Waals surface area contributed by atoms with Gasteiger partial charge in [0.25, 0.3) is 5.91 Å². The Morgan fingerprint density at radius 2 is 1.79 bits per heavy atom. The van der Waals surface area contributed by atoms with Crippen LogP contribution in [0.4, 0.5) is 0 Å². The maximum Gasteiger partial charge on any atom is 0.251 e. The molecule has 19 heavy (non-hydrogen) atoms. The number of carbonyl (C=O) groups is 1. The molecule has 0 bridgehead atoms. The van der Waals surface area contributed by atoms with Crippen LogP contribution in [0.3, 0.4) is 0 Å². The van der Waals surface area contributed by atoms with E-state index in [0.717, 1.165) is 18.5 Å². The van der Waals surface area contributed by atoms with Gasteiger partial charge in [-0.05, 0) is 57.5 Å². The molecule has 3 nitrogen and oxygen atoms in total. The number of nitrogens with one attached hydrogen (secondary N) is 1. The van der Waals surface area contributed by atoms with Crippen molar-refractivity contribution in [1.82, 2.24) is 10.2 Å². The van der Waals surface area contributed by atoms with Crippen LogP contribution in [-0.2, 0) is 0 Å². The zero-order chi connectivity index (χ0) is 13.3. The second-order valence-corrected chi connectivity index (χ2v) is 5.23. The molecule has 0 saturated carbocycles. The largest absolute Gasteiger partial charge is 0.352 e. The van der Waals surface area contributed by atoms with Crippen LogP contribution < -0.4 is 5.32 Å². The van der Waals surface area contributed by atoms with E-state index in [1.165, 1.54) is 45.3 Å². The first-order valence-electron chi connectivity index (χ1n) is 7.42. The summed E-state index contributed by atoms with van der Waals surface area (Å²) in [5, 5.41) is 2.98. The molecule has 0 radical (unpaired) electrons. The molecular formula is C16H24N2O. The van der Waals surface area contributed by atoms with E-state index in [4.69, 9.17) is 0 Å². The standard InChI is InChI=1S/C16H24N2O/c19-16(15-9-3-1-4-10-15)17-11-5-8-14-18-12-6-2-7-13-18/h1,3-4,9-10H,2,5-8,11-14H2,(H,17,19). The molecule has 1 fully saturated rings. The Morgan fingerprint density at radius 3 is 2.53 bits per heavy atom. The number of unbranched alkanes of at least 4 members (excludes halogenated alkanes) is 1. The fourth-order valence-electron chi connectivity index (χ4n) is 2.54. The van der Waals surface area contributed by atoms with Gasteiger partial charge in [0.1, 0.15) is 0 Å². The van der Waals surface area contributed by atoms with Crippen LogP contribution in [-0.4, -0.2) is 37.0 Å². The van der Waals surface area contributed by atoms with Crippen molar-refractivity contribution in [2.75, 3.05) is 26.2 Å². The van der Waals surface area contributed by atoms with Gasteiger partial charge in [0.15, 0.2) is 0 Å². The van der Waals surface area contributed by atoms with Gasteiger partial charge in [0, 0.05) is 12.1 Å². The van der Waals surface area contributed by atoms with E-state index in [-0.39, 0.29) is 5.91 Å². The van der Waals surface area contributed by atoms with Gasteiger partial charge in [0.2, 0.25) is 0 Å². The third kappa shape index (κ3) is 5.03. The van der Waals surface area contributed by atoms with Crippen molar-refractivity contribution in [3.8, 4) is 0 Å². The van der Waals surface area contributed by atoms with Gasteiger partial charge in [0.05, 0.1) is 0 Å². The fraction of sp³-hybridized carbons (Fsp3) is 0.562. The van der Waals surface area contributed by atoms with Gasteiger partial charge >= 0.3 is 0 Å². The fourth-order valence-corrected chi connectivity index (χ4v) is 2.54. The number of piperidine rings is 1. The molecule has 1 aromatic rings. The van der Waals surface area contributed by atoms with Crippen molar-refractivity contribution in [3.05, 3.63) is 35.9 Å². The molecule has 0 aromatic heterocycles. The Labute approximate surface area is 116 Å². The van der Waals surface area contributed by atoms with Crippen LogP contribution in [0.1, 0.15) is 42.5 Å². The van der Waals surface area contributed by atoms with Gasteiger partial charge < -0.3 is 10.2 Å². The Morgan fingerprint density at radius 1 is 1.05 bits per heavy atom. The number of carbonyl (C=O) groups excluding carboxylic acids is 1. The van der Waals surface area contributed by atoms with Crippen molar-refractivity contribution in [1.29, 1.82) is 0 Å². The number of hydrogen-bond acceptors (Lipinski definition) is 2. The average Bonchev–Trinajstić information content (AvgIpc) is 2.49. The lowest BCUT2D eigenvalue weighted by Gasteiger charge is -2.26. The summed E-state index contributed by atoms with van der Waals surface area (Å²) in [6, 6.07) is 9.41. The van der Waals surface area contributed by atoms with Crippen molar-refractivity contribution >= 4 is 5.91 Å². The van der Waals surface area contributed by atoms with Crippen molar-refractivity contribution < 1.29 is 4.79 Å². The highest BCUT2D eigenvalue weighted by Gasteiger charge is 2.09. The molecule has 1 aliphatic rings. The predicted octanol–water partition coefficient (Wildman–Crippen LogP) is 2.68. The van der Waals surface area contributed by atoms with Crippen molar-refractivity contribution in [2.24, 2.45) is 0 Å². The smallest absolute Gasteiger partial charge is 0.251 e. The Balaban J connectivity index is 1.55. The molecular weight excluding hydrogens is 236 g/mol. The van der Waals surface area contributed by atoms with Crippen LogP contribution in [0.5, 0.6) is 0 Å². The summed E-state index contributed by atoms with van der Waals surface area (Å²) < 4.78 is 0. The van der Waals surface area contributed by atoms with Crippen LogP contribution >= 0.6 is 0 Å². The van der Waals surface area contributed by atoms with Crippen molar-refractivity contribution in [3.63, 3.8) is 0 Å². The summed E-state index contributed by atoms with van der Waals surface area (Å²) in [6.45, 7) is 4.48. The number of hydrogen-bond donors (Lipinski definition) is 1. The number of rotatable bonds is 6. The molecule has 0 atom stereocenters. The summed E-state index contributed by atoms with van der Waals surface area (Å²) in [4.78, 5) is 14.3. The van der Waals surface area contributed by atoms with Crippen molar-refractivity contribution in [2.45, 2.75) is 32.1 Å². The number of nitrogens with zero attached hydrogens (tertiary/aromatic N) is 1. The van der Waals surface area contributed by atoms with Crippen LogP contribution in [0.2, 0.25) is 0 Å². The lowest BCUT2D eigenvalue weighted by molar-refractivity contribution is 0.0952. The minimum Gasteiger partial charge on any atom is -0.352 e. The summed E-state index contributed by atoms with van der Waals surface area (Å²) in [7, 11) is 0. The van der Waals surface area contributed by atoms with Crippen LogP contribution in [0.15, 0.2) is 30.3 Å². The molecule has 2 rings (SSSR count). The van der Waals surface area contributed by atoms with Gasteiger partial charge in [-0.25, -0.2) is 0 Å². The molecule has 0 aliphatic carbocycles. The second kappa shape index (κ2) is 7.95. The third-order valence-corrected chi connectivity index (χ3v) is 3.67. The summed E-state index contributed by atoms with van der Waals surface area (Å²) in [5.74, 6) is 0.0403. The highest BCUT2D eigenvalue weighted by molar-refractivity contribution is 5.94. The highest BCUT2D eigenvalue weighted by Crippen LogP contribution is 2.09. The lowest BCUT2D eigenvalue weighted by Crippen LogP contribution is -2.31. The minimum absolute atomic E-state index is 0.0403. The Bertz CT molecular complexity index is 372. The van der Waals surface area contributed by atoms with Crippen LogP contribution in [0, 0.1) is 0 Å². The summed E-state index contributed by atoms with van der Waals surface area (Å²) in [6.07, 6.45) is 6.34. The number of likely N-dealkylation sites (tertiary alicyclic amines) is 1. The molecule has 1 amide bonds. The Hall–Kier alpha value is -1.35. The number of benzene rings is 1. The normalized spacial score (nSPS) is 16.2. The molecule has 0 unspecified atom stereocenters. The predicted molar refractivity (Wildman–Crippen MR) is 78.3 cm³/mol. The van der Waals surface area contributed by atoms with E-state index in [2.05, 4.69) is 10.2 Å². The third-order valence-electron chi connectivity index (χ3n) is 3.67. The van der Waals surface area contributed by atoms with Gasteiger partial charge in [-0.3, -0.25) is 4.79 Å². The SMILES string of the molecule is O=C(NCCCCN1CCCCC1)c1ccccc1. The van der Waals surface area contributed by atoms with E-state index < -0.39 is 0 Å². The van der Waals surface area contributed by atoms with E-state index in [1.54, 1.807) is 0 Å². The highest BCUT2D eigenvalue weighted by atomic mass is 16.1. The first-order valence-corrected chi connectivity index (χ1v) is 7.42. The summed E-state index contributed by atoms with van der Waals surface area (Å²) >= 11 is 0. The minimum atomic E-state index is 0.0403. The molecule has 1 aromatic carbocycles. The molecule has 1 heterocycles. The van der Waals surface area contributed by atoms with Gasteiger partial charge in [-0.2, -0.15) is 0 Å². The monoisotopic (exact) mass is 260 g/mol. The van der Waals surface area contributed by atoms with E-state index in [9.17, 15) is 4.79 Å². The quantitative estimate of drug-likeness (QED) is 0.798. The van der Waals surface area contributed by atoms with Gasteiger partial charge in [-0.1, -0.05) is 24.6 Å². The summed E-state index contributed by atoms with van der Waals surface area (Å²) in [5.41, 5.74) is 0.749. The number of amides is 1. The maximum atomic E-state index is 11.8. The molecule has 1 aliphatic heterocycles. The zero-order valence-electron chi connectivity index (χ0n) is 11.6. The first kappa shape index (κ1) is 14.1. The van der Waals surface area contributed by atoms with Crippen LogP contribution in [0.25, 0.3) is 0 Å². The van der Waals surface area contributed by atoms with E-state index in [0.29, 0.717) is 0 Å². The maximum absolute atomic E-state index is 11.8. The molecule has 104 valence electrons. The molecule has 3 heteroatoms. The first-order chi connectivity index (χ1) is 9.36. The topological polar surface area (TPSA) is 32.3 Å². The lowest BCUT2D eigenvalue weighted by atomic mass is 10.1. The molecule has 1 saturated heterocycles. The zero-order valence-corrected chi connectivity index (χ0v) is 11.6. The van der Waals surface area contributed by atoms with Gasteiger partial charge in [-0.15, -0.1) is 0 Å².